The van der Waals surface area contributed by atoms with Crippen molar-refractivity contribution in [2.75, 3.05) is 0 Å². The van der Waals surface area contributed by atoms with Gasteiger partial charge in [0.15, 0.2) is 0 Å². The van der Waals surface area contributed by atoms with Crippen LogP contribution in [0.2, 0.25) is 0 Å². The van der Waals surface area contributed by atoms with E-state index >= 15 is 0 Å². The Bertz CT molecular complexity index is 54.0. The molecule has 0 N–H and O–H groups in total. The molecular weight excluding hydrogens is 95.1 g/mol. The Hall–Kier alpha value is -0.400. The molecule has 7 heavy (non-hydrogen) atoms. The zero-order chi connectivity index (χ0) is 5.70. The molecule has 41 valence electrons. The number of rotatable bonds is 3. The minimum Gasteiger partial charge on any atom is -0.291 e. The summed E-state index contributed by atoms with van der Waals surface area (Å²) in [5, 5.41) is 0. The van der Waals surface area contributed by atoms with Gasteiger partial charge in [-0.15, -0.1) is 0 Å². The Morgan fingerprint density at radius 1 is 1.86 bits per heavy atom. The number of hydrogen-bond acceptors (Lipinski definition) is 1. The molecule has 0 saturated heterocycles. The van der Waals surface area contributed by atoms with Gasteiger partial charge in [-0.3, -0.25) is 4.79 Å². The first kappa shape index (κ1) is 6.60. The lowest BCUT2D eigenvalue weighted by Gasteiger charge is -1.92. The fourth-order valence-electron chi connectivity index (χ4n) is 0.235. The maximum Gasteiger partial charge on any atom is 0.201 e. The lowest BCUT2D eigenvalue weighted by atomic mass is 10.2. The first-order chi connectivity index (χ1) is 3.31. The summed E-state index contributed by atoms with van der Waals surface area (Å²) >= 11 is 0. The average molecular weight is 103 g/mol. The highest BCUT2D eigenvalue weighted by atomic mass is 19.1. The van der Waals surface area contributed by atoms with Crippen LogP contribution in [0.15, 0.2) is 0 Å². The quantitative estimate of drug-likeness (QED) is 0.525. The van der Waals surface area contributed by atoms with Gasteiger partial charge in [0, 0.05) is 6.42 Å². The Morgan fingerprint density at radius 3 is 2.57 bits per heavy atom. The Balaban J connectivity index is 2.98. The zero-order valence-electron chi connectivity index (χ0n) is 4.28. The first-order valence-corrected chi connectivity index (χ1v) is 2.30. The molecular formula is C5H8FO. The number of hydrogen-bond donors (Lipinski definition) is 0. The molecule has 2 heteroatoms. The van der Waals surface area contributed by atoms with Gasteiger partial charge in [-0.1, -0.05) is 6.92 Å². The lowest BCUT2D eigenvalue weighted by molar-refractivity contribution is 0.330. The van der Waals surface area contributed by atoms with Crippen LogP contribution in [-0.4, -0.2) is 12.5 Å². The summed E-state index contributed by atoms with van der Waals surface area (Å²) in [5.74, 6) is 0. The molecule has 1 atom stereocenters. The van der Waals surface area contributed by atoms with Crippen LogP contribution in [0.4, 0.5) is 4.39 Å². The number of alkyl halides is 1. The van der Waals surface area contributed by atoms with E-state index in [1.165, 1.54) is 6.29 Å². The van der Waals surface area contributed by atoms with Crippen molar-refractivity contribution in [3.8, 4) is 0 Å². The van der Waals surface area contributed by atoms with Crippen molar-refractivity contribution in [1.82, 2.24) is 0 Å². The molecule has 0 aromatic heterocycles. The topological polar surface area (TPSA) is 17.1 Å². The highest BCUT2D eigenvalue weighted by Crippen LogP contribution is 1.97. The SMILES string of the molecule is CCC(F)C[C]=O. The minimum absolute atomic E-state index is 0.0729. The number of carbonyl (C=O) groups excluding carboxylic acids is 1. The van der Waals surface area contributed by atoms with Gasteiger partial charge in [0.25, 0.3) is 0 Å². The molecule has 0 aromatic rings. The third kappa shape index (κ3) is 3.43. The Kier molecular flexibility index (Phi) is 3.56. The maximum atomic E-state index is 11.9. The standard InChI is InChI=1S/C5H8FO/c1-2-5(6)3-4-7/h5H,2-3H2,1H3. The largest absolute Gasteiger partial charge is 0.291 e. The smallest absolute Gasteiger partial charge is 0.201 e. The third-order valence-electron chi connectivity index (χ3n) is 0.748. The summed E-state index contributed by atoms with van der Waals surface area (Å²) in [6.45, 7) is 1.70. The maximum absolute atomic E-state index is 11.9. The molecule has 0 fully saturated rings. The van der Waals surface area contributed by atoms with E-state index in [1.54, 1.807) is 6.92 Å². The summed E-state index contributed by atoms with van der Waals surface area (Å²) in [4.78, 5) is 9.41. The van der Waals surface area contributed by atoms with Gasteiger partial charge in [0.1, 0.15) is 6.17 Å². The lowest BCUT2D eigenvalue weighted by Crippen LogP contribution is -1.96. The van der Waals surface area contributed by atoms with Crippen LogP contribution in [0.3, 0.4) is 0 Å². The second-order valence-corrected chi connectivity index (χ2v) is 1.35. The summed E-state index contributed by atoms with van der Waals surface area (Å²) in [6.07, 6.45) is 0.858. The van der Waals surface area contributed by atoms with Crippen molar-refractivity contribution in [2.45, 2.75) is 25.9 Å². The van der Waals surface area contributed by atoms with Gasteiger partial charge in [-0.25, -0.2) is 4.39 Å². The molecule has 0 aliphatic carbocycles. The van der Waals surface area contributed by atoms with E-state index in [2.05, 4.69) is 0 Å². The molecule has 0 amide bonds. The molecule has 1 nitrogen and oxygen atoms in total. The van der Waals surface area contributed by atoms with Gasteiger partial charge >= 0.3 is 0 Å². The molecule has 0 saturated carbocycles. The van der Waals surface area contributed by atoms with Crippen LogP contribution in [0.1, 0.15) is 19.8 Å². The summed E-state index contributed by atoms with van der Waals surface area (Å²) in [6, 6.07) is 0. The van der Waals surface area contributed by atoms with Crippen molar-refractivity contribution in [2.24, 2.45) is 0 Å². The molecule has 0 aliphatic heterocycles. The fourth-order valence-corrected chi connectivity index (χ4v) is 0.235. The van der Waals surface area contributed by atoms with E-state index in [4.69, 9.17) is 0 Å². The predicted octanol–water partition coefficient (Wildman–Crippen LogP) is 1.23. The predicted molar refractivity (Wildman–Crippen MR) is 25.5 cm³/mol. The van der Waals surface area contributed by atoms with Gasteiger partial charge in [0.05, 0.1) is 0 Å². The molecule has 0 aromatic carbocycles. The van der Waals surface area contributed by atoms with E-state index in [1.807, 2.05) is 0 Å². The van der Waals surface area contributed by atoms with E-state index in [9.17, 15) is 9.18 Å². The van der Waals surface area contributed by atoms with E-state index in [-0.39, 0.29) is 6.42 Å². The van der Waals surface area contributed by atoms with Crippen molar-refractivity contribution >= 4 is 6.29 Å². The van der Waals surface area contributed by atoms with Crippen molar-refractivity contribution < 1.29 is 9.18 Å². The van der Waals surface area contributed by atoms with Gasteiger partial charge in [-0.05, 0) is 6.42 Å². The second kappa shape index (κ2) is 3.78. The summed E-state index contributed by atoms with van der Waals surface area (Å²) in [5.41, 5.74) is 0. The second-order valence-electron chi connectivity index (χ2n) is 1.35. The molecule has 0 bridgehead atoms. The fraction of sp³-hybridized carbons (Fsp3) is 0.800. The van der Waals surface area contributed by atoms with Crippen LogP contribution < -0.4 is 0 Å². The van der Waals surface area contributed by atoms with Crippen LogP contribution in [-0.2, 0) is 4.79 Å². The van der Waals surface area contributed by atoms with Crippen LogP contribution in [0, 0.1) is 0 Å². The molecule has 0 rings (SSSR count). The van der Waals surface area contributed by atoms with Crippen molar-refractivity contribution in [1.29, 1.82) is 0 Å². The summed E-state index contributed by atoms with van der Waals surface area (Å²) in [7, 11) is 0. The number of halogens is 1. The molecule has 0 aliphatic rings. The van der Waals surface area contributed by atoms with Crippen LogP contribution >= 0.6 is 0 Å². The van der Waals surface area contributed by atoms with E-state index < -0.39 is 6.17 Å². The molecule has 1 unspecified atom stereocenters. The average Bonchev–Trinajstić information content (AvgIpc) is 1.68. The Labute approximate surface area is 42.5 Å². The molecule has 0 heterocycles. The minimum atomic E-state index is -0.975. The van der Waals surface area contributed by atoms with Crippen molar-refractivity contribution in [3.05, 3.63) is 0 Å². The van der Waals surface area contributed by atoms with E-state index in [0.29, 0.717) is 6.42 Å². The van der Waals surface area contributed by atoms with Crippen LogP contribution in [0.25, 0.3) is 0 Å². The highest BCUT2D eigenvalue weighted by molar-refractivity contribution is 5.51. The van der Waals surface area contributed by atoms with Gasteiger partial charge < -0.3 is 0 Å². The Morgan fingerprint density at radius 2 is 2.43 bits per heavy atom. The summed E-state index contributed by atoms with van der Waals surface area (Å²) < 4.78 is 11.9. The highest BCUT2D eigenvalue weighted by Gasteiger charge is 1.99. The molecule has 1 radical (unpaired) electrons. The van der Waals surface area contributed by atoms with Gasteiger partial charge in [0.2, 0.25) is 6.29 Å². The van der Waals surface area contributed by atoms with Gasteiger partial charge in [-0.2, -0.15) is 0 Å². The third-order valence-corrected chi connectivity index (χ3v) is 0.748. The van der Waals surface area contributed by atoms with Crippen LogP contribution in [0.5, 0.6) is 0 Å². The van der Waals surface area contributed by atoms with Crippen molar-refractivity contribution in [3.63, 3.8) is 0 Å². The normalized spacial score (nSPS) is 13.4. The van der Waals surface area contributed by atoms with E-state index in [0.717, 1.165) is 0 Å². The monoisotopic (exact) mass is 103 g/mol. The molecule has 0 spiro atoms. The first-order valence-electron chi connectivity index (χ1n) is 2.30. The zero-order valence-corrected chi connectivity index (χ0v) is 4.28.